The molecule has 2 aromatic rings. The Morgan fingerprint density at radius 3 is 2.63 bits per heavy atom. The van der Waals surface area contributed by atoms with Crippen LogP contribution in [0.2, 0.25) is 0 Å². The van der Waals surface area contributed by atoms with Gasteiger partial charge in [0.05, 0.1) is 20.0 Å². The summed E-state index contributed by atoms with van der Waals surface area (Å²) in [5, 5.41) is 6.56. The first-order valence-electron chi connectivity index (χ1n) is 9.07. The van der Waals surface area contributed by atoms with Crippen LogP contribution < -0.4 is 15.4 Å². The molecule has 6 nitrogen and oxygen atoms in total. The van der Waals surface area contributed by atoms with E-state index in [1.807, 2.05) is 36.4 Å². The number of rotatable bonds is 11. The smallest absolute Gasteiger partial charge is 0.191 e. The third-order valence-electron chi connectivity index (χ3n) is 3.73. The molecule has 1 heterocycles. The molecule has 0 unspecified atom stereocenters. The maximum absolute atomic E-state index is 5.70. The molecular formula is C20H30IN3O3. The summed E-state index contributed by atoms with van der Waals surface area (Å²) in [6.45, 7) is 5.69. The Kier molecular flexibility index (Phi) is 12.4. The van der Waals surface area contributed by atoms with Gasteiger partial charge in [-0.1, -0.05) is 12.1 Å². The quantitative estimate of drug-likeness (QED) is 0.220. The molecule has 7 heteroatoms. The number of aliphatic imine (C=N–C) groups is 1. The predicted octanol–water partition coefficient (Wildman–Crippen LogP) is 3.61. The molecule has 0 amide bonds. The summed E-state index contributed by atoms with van der Waals surface area (Å²) in [5.41, 5.74) is 1.14. The number of nitrogens with one attached hydrogen (secondary N) is 2. The van der Waals surface area contributed by atoms with Crippen LogP contribution in [0, 0.1) is 0 Å². The lowest BCUT2D eigenvalue weighted by Crippen LogP contribution is -2.38. The number of guanidine groups is 1. The van der Waals surface area contributed by atoms with Gasteiger partial charge in [-0.3, -0.25) is 4.99 Å². The monoisotopic (exact) mass is 487 g/mol. The first-order chi connectivity index (χ1) is 12.8. The van der Waals surface area contributed by atoms with Crippen molar-refractivity contribution in [1.29, 1.82) is 0 Å². The van der Waals surface area contributed by atoms with E-state index in [2.05, 4.69) is 22.5 Å². The van der Waals surface area contributed by atoms with Gasteiger partial charge in [-0.25, -0.2) is 0 Å². The van der Waals surface area contributed by atoms with Gasteiger partial charge in [-0.15, -0.1) is 24.0 Å². The van der Waals surface area contributed by atoms with Crippen LogP contribution in [0.4, 0.5) is 0 Å². The average molecular weight is 487 g/mol. The number of nitrogens with zero attached hydrogens (tertiary/aromatic N) is 1. The third-order valence-corrected chi connectivity index (χ3v) is 3.73. The molecule has 0 spiro atoms. The highest BCUT2D eigenvalue weighted by molar-refractivity contribution is 14.0. The first kappa shape index (κ1) is 23.3. The van der Waals surface area contributed by atoms with Gasteiger partial charge < -0.3 is 24.5 Å². The van der Waals surface area contributed by atoms with Gasteiger partial charge in [0.25, 0.3) is 0 Å². The topological polar surface area (TPSA) is 68.0 Å². The second kappa shape index (κ2) is 14.3. The number of hydrogen-bond acceptors (Lipinski definition) is 4. The van der Waals surface area contributed by atoms with Gasteiger partial charge in [-0.05, 0) is 43.2 Å². The van der Waals surface area contributed by atoms with Crippen LogP contribution >= 0.6 is 24.0 Å². The molecule has 0 aliphatic rings. The minimum Gasteiger partial charge on any atom is -0.497 e. The van der Waals surface area contributed by atoms with Crippen LogP contribution in [0.5, 0.6) is 5.75 Å². The Morgan fingerprint density at radius 1 is 1.15 bits per heavy atom. The number of methoxy groups -OCH3 is 1. The Bertz CT molecular complexity index is 630. The molecule has 0 aliphatic carbocycles. The van der Waals surface area contributed by atoms with Crippen molar-refractivity contribution >= 4 is 29.9 Å². The normalized spacial score (nSPS) is 11.0. The van der Waals surface area contributed by atoms with Gasteiger partial charge in [-0.2, -0.15) is 0 Å². The lowest BCUT2D eigenvalue weighted by Gasteiger charge is -2.10. The minimum atomic E-state index is 0. The molecule has 27 heavy (non-hydrogen) atoms. The van der Waals surface area contributed by atoms with E-state index >= 15 is 0 Å². The minimum absolute atomic E-state index is 0. The lowest BCUT2D eigenvalue weighted by molar-refractivity contribution is 0.120. The highest BCUT2D eigenvalue weighted by Crippen LogP contribution is 2.11. The number of hydrogen-bond donors (Lipinski definition) is 2. The SMILES string of the molecule is CCNC(=NCCCOCc1ccc(OC)cc1)NCCc1ccco1.I. The van der Waals surface area contributed by atoms with Crippen LogP contribution in [0.25, 0.3) is 0 Å². The molecular weight excluding hydrogens is 457 g/mol. The molecule has 0 radical (unpaired) electrons. The van der Waals surface area contributed by atoms with Crippen LogP contribution in [-0.4, -0.2) is 39.3 Å². The van der Waals surface area contributed by atoms with E-state index in [0.717, 1.165) is 55.5 Å². The summed E-state index contributed by atoms with van der Waals surface area (Å²) >= 11 is 0. The lowest BCUT2D eigenvalue weighted by atomic mass is 10.2. The van der Waals surface area contributed by atoms with E-state index in [9.17, 15) is 0 Å². The van der Waals surface area contributed by atoms with Crippen LogP contribution in [0.15, 0.2) is 52.1 Å². The Hall–Kier alpha value is -1.74. The first-order valence-corrected chi connectivity index (χ1v) is 9.07. The van der Waals surface area contributed by atoms with Crippen molar-refractivity contribution in [3.8, 4) is 5.75 Å². The summed E-state index contributed by atoms with van der Waals surface area (Å²) in [6.07, 6.45) is 3.41. The average Bonchev–Trinajstić information content (AvgIpc) is 3.18. The Balaban J connectivity index is 0.00000364. The summed E-state index contributed by atoms with van der Waals surface area (Å²) < 4.78 is 16.2. The standard InChI is InChI=1S/C20H29N3O3.HI/c1-3-21-20(23-13-11-19-6-4-15-26-19)22-12-5-14-25-16-17-7-9-18(24-2)10-8-17;/h4,6-10,15H,3,5,11-14,16H2,1-2H3,(H2,21,22,23);1H. The fourth-order valence-corrected chi connectivity index (χ4v) is 2.37. The van der Waals surface area contributed by atoms with Gasteiger partial charge in [0, 0.05) is 32.7 Å². The molecule has 150 valence electrons. The molecule has 1 aromatic carbocycles. The zero-order valence-corrected chi connectivity index (χ0v) is 18.4. The van der Waals surface area contributed by atoms with Crippen molar-refractivity contribution in [2.45, 2.75) is 26.4 Å². The van der Waals surface area contributed by atoms with Crippen molar-refractivity contribution in [1.82, 2.24) is 10.6 Å². The third kappa shape index (κ3) is 9.67. The second-order valence-corrected chi connectivity index (χ2v) is 5.77. The van der Waals surface area contributed by atoms with Crippen molar-refractivity contribution in [3.05, 3.63) is 54.0 Å². The van der Waals surface area contributed by atoms with E-state index in [1.165, 1.54) is 0 Å². The molecule has 0 aliphatic heterocycles. The molecule has 2 rings (SSSR count). The molecule has 0 saturated heterocycles. The molecule has 2 N–H and O–H groups in total. The summed E-state index contributed by atoms with van der Waals surface area (Å²) in [7, 11) is 1.67. The number of benzene rings is 1. The second-order valence-electron chi connectivity index (χ2n) is 5.77. The van der Waals surface area contributed by atoms with Gasteiger partial charge >= 0.3 is 0 Å². The largest absolute Gasteiger partial charge is 0.497 e. The maximum Gasteiger partial charge on any atom is 0.191 e. The molecule has 0 saturated carbocycles. The summed E-state index contributed by atoms with van der Waals surface area (Å²) in [5.74, 6) is 2.66. The maximum atomic E-state index is 5.70. The van der Waals surface area contributed by atoms with Gasteiger partial charge in [0.1, 0.15) is 11.5 Å². The van der Waals surface area contributed by atoms with Crippen LogP contribution in [0.1, 0.15) is 24.7 Å². The molecule has 0 bridgehead atoms. The fraction of sp³-hybridized carbons (Fsp3) is 0.450. The highest BCUT2D eigenvalue weighted by atomic mass is 127. The highest BCUT2D eigenvalue weighted by Gasteiger charge is 1.99. The fourth-order valence-electron chi connectivity index (χ4n) is 2.37. The summed E-state index contributed by atoms with van der Waals surface area (Å²) in [4.78, 5) is 4.57. The predicted molar refractivity (Wildman–Crippen MR) is 119 cm³/mol. The molecule has 0 atom stereocenters. The molecule has 0 fully saturated rings. The Morgan fingerprint density at radius 2 is 1.96 bits per heavy atom. The van der Waals surface area contributed by atoms with E-state index in [4.69, 9.17) is 13.9 Å². The molecule has 1 aromatic heterocycles. The van der Waals surface area contributed by atoms with E-state index < -0.39 is 0 Å². The van der Waals surface area contributed by atoms with Gasteiger partial charge in [0.2, 0.25) is 0 Å². The number of furan rings is 1. The van der Waals surface area contributed by atoms with Gasteiger partial charge in [0.15, 0.2) is 5.96 Å². The van der Waals surface area contributed by atoms with Crippen LogP contribution in [-0.2, 0) is 17.8 Å². The summed E-state index contributed by atoms with van der Waals surface area (Å²) in [6, 6.07) is 11.8. The van der Waals surface area contributed by atoms with Crippen molar-refractivity contribution in [3.63, 3.8) is 0 Å². The Labute approximate surface area is 178 Å². The zero-order chi connectivity index (χ0) is 18.5. The number of halogens is 1. The van der Waals surface area contributed by atoms with Crippen molar-refractivity contribution < 1.29 is 13.9 Å². The van der Waals surface area contributed by atoms with Crippen LogP contribution in [0.3, 0.4) is 0 Å². The van der Waals surface area contributed by atoms with Crippen molar-refractivity contribution in [2.75, 3.05) is 33.4 Å². The van der Waals surface area contributed by atoms with E-state index in [0.29, 0.717) is 13.2 Å². The van der Waals surface area contributed by atoms with Crippen molar-refractivity contribution in [2.24, 2.45) is 4.99 Å². The zero-order valence-electron chi connectivity index (χ0n) is 16.1. The van der Waals surface area contributed by atoms with E-state index in [1.54, 1.807) is 13.4 Å². The van der Waals surface area contributed by atoms with E-state index in [-0.39, 0.29) is 24.0 Å². The number of ether oxygens (including phenoxy) is 2.